The largest absolute Gasteiger partial charge is 0.490 e. The van der Waals surface area contributed by atoms with Crippen molar-refractivity contribution in [3.05, 3.63) is 60.2 Å². The van der Waals surface area contributed by atoms with Crippen molar-refractivity contribution in [2.45, 2.75) is 19.3 Å². The van der Waals surface area contributed by atoms with Gasteiger partial charge in [-0.25, -0.2) is 0 Å². The lowest BCUT2D eigenvalue weighted by atomic mass is 10.1. The number of amides is 2. The zero-order valence-electron chi connectivity index (χ0n) is 19.2. The summed E-state index contributed by atoms with van der Waals surface area (Å²) in [5.41, 5.74) is 0.565. The first-order valence-electron chi connectivity index (χ1n) is 11.9. The van der Waals surface area contributed by atoms with Gasteiger partial charge in [0.15, 0.2) is 0 Å². The number of likely N-dealkylation sites (tertiary alicyclic amines) is 1. The van der Waals surface area contributed by atoms with Gasteiger partial charge in [0.1, 0.15) is 24.7 Å². The molecular weight excluding hydrogens is 418 g/mol. The first-order chi connectivity index (χ1) is 16.2. The maximum atomic E-state index is 13.2. The molecule has 0 saturated carbocycles. The number of hydrogen-bond acceptors (Lipinski definition) is 5. The summed E-state index contributed by atoms with van der Waals surface area (Å²) in [6.45, 7) is 5.59. The van der Waals surface area contributed by atoms with Crippen LogP contribution >= 0.6 is 0 Å². The van der Waals surface area contributed by atoms with Gasteiger partial charge in [0.2, 0.25) is 5.91 Å². The number of nitrogens with zero attached hydrogens (tertiary/aromatic N) is 3. The third-order valence-electron chi connectivity index (χ3n) is 6.20. The minimum absolute atomic E-state index is 0.0309. The van der Waals surface area contributed by atoms with Crippen LogP contribution in [0.1, 0.15) is 29.6 Å². The van der Waals surface area contributed by atoms with Gasteiger partial charge in [-0.3, -0.25) is 14.5 Å². The van der Waals surface area contributed by atoms with Gasteiger partial charge in [-0.05, 0) is 43.5 Å². The number of hydrogen-bond donors (Lipinski definition) is 0. The van der Waals surface area contributed by atoms with Crippen LogP contribution in [-0.4, -0.2) is 85.5 Å². The molecule has 176 valence electrons. The Morgan fingerprint density at radius 1 is 0.697 bits per heavy atom. The van der Waals surface area contributed by atoms with E-state index in [0.29, 0.717) is 57.3 Å². The molecule has 2 aliphatic heterocycles. The highest BCUT2D eigenvalue weighted by Crippen LogP contribution is 2.21. The van der Waals surface area contributed by atoms with E-state index in [2.05, 4.69) is 4.90 Å². The van der Waals surface area contributed by atoms with Gasteiger partial charge in [0.25, 0.3) is 5.91 Å². The molecule has 0 radical (unpaired) electrons. The minimum Gasteiger partial charge on any atom is -0.490 e. The van der Waals surface area contributed by atoms with E-state index in [9.17, 15) is 9.59 Å². The van der Waals surface area contributed by atoms with Crippen molar-refractivity contribution in [3.63, 3.8) is 0 Å². The van der Waals surface area contributed by atoms with Crippen LogP contribution in [0.5, 0.6) is 11.5 Å². The molecule has 2 heterocycles. The Balaban J connectivity index is 1.25. The van der Waals surface area contributed by atoms with E-state index < -0.39 is 0 Å². The van der Waals surface area contributed by atoms with Crippen molar-refractivity contribution in [2.24, 2.45) is 0 Å². The fourth-order valence-corrected chi connectivity index (χ4v) is 4.31. The second kappa shape index (κ2) is 11.7. The number of ether oxygens (including phenoxy) is 2. The number of rotatable bonds is 8. The van der Waals surface area contributed by atoms with E-state index in [4.69, 9.17) is 9.47 Å². The first-order valence-corrected chi connectivity index (χ1v) is 11.9. The predicted molar refractivity (Wildman–Crippen MR) is 127 cm³/mol. The van der Waals surface area contributed by atoms with Crippen LogP contribution < -0.4 is 9.47 Å². The van der Waals surface area contributed by atoms with E-state index >= 15 is 0 Å². The van der Waals surface area contributed by atoms with Crippen molar-refractivity contribution in [2.75, 3.05) is 59.0 Å². The number of benzene rings is 2. The topological polar surface area (TPSA) is 62.3 Å². The maximum Gasteiger partial charge on any atom is 0.257 e. The molecule has 0 bridgehead atoms. The molecule has 4 rings (SSSR count). The van der Waals surface area contributed by atoms with Crippen LogP contribution in [0, 0.1) is 0 Å². The molecule has 2 aromatic carbocycles. The summed E-state index contributed by atoms with van der Waals surface area (Å²) in [5, 5.41) is 0. The van der Waals surface area contributed by atoms with Gasteiger partial charge >= 0.3 is 0 Å². The fraction of sp³-hybridized carbons (Fsp3) is 0.462. The average Bonchev–Trinajstić information content (AvgIpc) is 2.88. The van der Waals surface area contributed by atoms with Crippen LogP contribution in [0.2, 0.25) is 0 Å². The number of carbonyl (C=O) groups excluding carboxylic acids is 2. The Morgan fingerprint density at radius 3 is 2.12 bits per heavy atom. The third kappa shape index (κ3) is 6.48. The molecule has 0 atom stereocenters. The molecule has 2 aromatic rings. The molecule has 2 fully saturated rings. The molecular formula is C26H33N3O4. The predicted octanol–water partition coefficient (Wildman–Crippen LogP) is 2.91. The number of piperazine rings is 1. The normalized spacial score (nSPS) is 17.0. The zero-order valence-corrected chi connectivity index (χ0v) is 19.2. The Bertz CT molecular complexity index is 907. The van der Waals surface area contributed by atoms with Crippen LogP contribution in [0.25, 0.3) is 0 Å². The zero-order chi connectivity index (χ0) is 22.9. The van der Waals surface area contributed by atoms with Crippen LogP contribution in [-0.2, 0) is 4.79 Å². The van der Waals surface area contributed by atoms with Crippen molar-refractivity contribution in [1.82, 2.24) is 14.7 Å². The molecule has 0 aliphatic carbocycles. The quantitative estimate of drug-likeness (QED) is 0.578. The van der Waals surface area contributed by atoms with Crippen molar-refractivity contribution >= 4 is 11.8 Å². The monoisotopic (exact) mass is 451 g/mol. The number of carbonyl (C=O) groups is 2. The van der Waals surface area contributed by atoms with E-state index in [1.165, 1.54) is 6.42 Å². The average molecular weight is 452 g/mol. The molecule has 33 heavy (non-hydrogen) atoms. The third-order valence-corrected chi connectivity index (χ3v) is 6.20. The molecule has 2 aliphatic rings. The Labute approximate surface area is 195 Å². The first kappa shape index (κ1) is 23.1. The van der Waals surface area contributed by atoms with Gasteiger partial charge in [-0.1, -0.05) is 30.3 Å². The Hall–Kier alpha value is -3.06. The number of piperidine rings is 1. The summed E-state index contributed by atoms with van der Waals surface area (Å²) in [5.74, 6) is 1.55. The molecule has 0 spiro atoms. The summed E-state index contributed by atoms with van der Waals surface area (Å²) in [4.78, 5) is 31.7. The highest BCUT2D eigenvalue weighted by Gasteiger charge is 2.26. The molecule has 7 heteroatoms. The van der Waals surface area contributed by atoms with E-state index in [0.717, 1.165) is 31.7 Å². The summed E-state index contributed by atoms with van der Waals surface area (Å²) in [6, 6.07) is 16.9. The van der Waals surface area contributed by atoms with Gasteiger partial charge in [-0.15, -0.1) is 0 Å². The fourth-order valence-electron chi connectivity index (χ4n) is 4.31. The minimum atomic E-state index is -0.0309. The maximum absolute atomic E-state index is 13.2. The van der Waals surface area contributed by atoms with E-state index in [1.807, 2.05) is 64.4 Å². The lowest BCUT2D eigenvalue weighted by Crippen LogP contribution is -2.52. The lowest BCUT2D eigenvalue weighted by Gasteiger charge is -2.36. The van der Waals surface area contributed by atoms with Crippen LogP contribution in [0.4, 0.5) is 0 Å². The Morgan fingerprint density at radius 2 is 1.36 bits per heavy atom. The van der Waals surface area contributed by atoms with Crippen molar-refractivity contribution in [1.29, 1.82) is 0 Å². The van der Waals surface area contributed by atoms with Gasteiger partial charge < -0.3 is 19.3 Å². The Kier molecular flexibility index (Phi) is 8.19. The van der Waals surface area contributed by atoms with Gasteiger partial charge in [-0.2, -0.15) is 0 Å². The summed E-state index contributed by atoms with van der Waals surface area (Å²) < 4.78 is 11.6. The van der Waals surface area contributed by atoms with Gasteiger partial charge in [0.05, 0.1) is 12.1 Å². The lowest BCUT2D eigenvalue weighted by molar-refractivity contribution is -0.133. The second-order valence-corrected chi connectivity index (χ2v) is 8.52. The highest BCUT2D eigenvalue weighted by atomic mass is 16.5. The molecule has 0 aromatic heterocycles. The smallest absolute Gasteiger partial charge is 0.257 e. The SMILES string of the molecule is O=C(CN1CCN(C(=O)c2ccccc2OCCOc2ccccc2)CC1)N1CCCCC1. The molecule has 0 N–H and O–H groups in total. The standard InChI is InChI=1S/C26H33N3O4/c30-25(28-13-7-2-8-14-28)21-27-15-17-29(18-16-27)26(31)23-11-5-6-12-24(23)33-20-19-32-22-9-3-1-4-10-22/h1,3-6,9-12H,2,7-8,13-21H2. The van der Waals surface area contributed by atoms with Crippen LogP contribution in [0.15, 0.2) is 54.6 Å². The molecule has 0 unspecified atom stereocenters. The van der Waals surface area contributed by atoms with Gasteiger partial charge in [0, 0.05) is 39.3 Å². The van der Waals surface area contributed by atoms with E-state index in [1.54, 1.807) is 0 Å². The summed E-state index contributed by atoms with van der Waals surface area (Å²) in [7, 11) is 0. The van der Waals surface area contributed by atoms with Crippen LogP contribution in [0.3, 0.4) is 0 Å². The second-order valence-electron chi connectivity index (χ2n) is 8.52. The van der Waals surface area contributed by atoms with E-state index in [-0.39, 0.29) is 11.8 Å². The molecule has 2 amide bonds. The molecule has 2 saturated heterocycles. The summed E-state index contributed by atoms with van der Waals surface area (Å²) in [6.07, 6.45) is 3.43. The van der Waals surface area contributed by atoms with Crippen molar-refractivity contribution in [3.8, 4) is 11.5 Å². The highest BCUT2D eigenvalue weighted by molar-refractivity contribution is 5.97. The molecule has 7 nitrogen and oxygen atoms in total. The van der Waals surface area contributed by atoms with Crippen molar-refractivity contribution < 1.29 is 19.1 Å². The number of para-hydroxylation sites is 2. The summed E-state index contributed by atoms with van der Waals surface area (Å²) >= 11 is 0.